The number of rotatable bonds is 10. The van der Waals surface area contributed by atoms with Crippen molar-refractivity contribution in [3.05, 3.63) is 94.5 Å². The van der Waals surface area contributed by atoms with Crippen molar-refractivity contribution in [2.45, 2.75) is 60.3 Å². The summed E-state index contributed by atoms with van der Waals surface area (Å²) in [6.45, 7) is 20.0. The molecule has 3 aromatic carbocycles. The Morgan fingerprint density at radius 2 is 1.03 bits per heavy atom. The molecule has 0 bridgehead atoms. The third kappa shape index (κ3) is 5.43. The van der Waals surface area contributed by atoms with Crippen LogP contribution in [-0.2, 0) is 0 Å². The molecular formula is C31H42N2. The molecule has 3 rings (SSSR count). The van der Waals surface area contributed by atoms with Gasteiger partial charge in [-0.15, -0.1) is 0 Å². The minimum atomic E-state index is 0.309. The highest BCUT2D eigenvalue weighted by Gasteiger charge is 2.26. The number of benzene rings is 3. The fourth-order valence-corrected chi connectivity index (χ4v) is 5.24. The summed E-state index contributed by atoms with van der Waals surface area (Å²) in [6.07, 6.45) is 0. The van der Waals surface area contributed by atoms with Gasteiger partial charge < -0.3 is 9.80 Å². The zero-order valence-electron chi connectivity index (χ0n) is 21.7. The molecule has 0 spiro atoms. The molecule has 0 aliphatic heterocycles. The fraction of sp³-hybridized carbons (Fsp3) is 0.419. The predicted molar refractivity (Wildman–Crippen MR) is 146 cm³/mol. The molecule has 3 aromatic rings. The van der Waals surface area contributed by atoms with E-state index in [0.29, 0.717) is 11.8 Å². The number of anilines is 2. The van der Waals surface area contributed by atoms with E-state index >= 15 is 0 Å². The Morgan fingerprint density at radius 3 is 1.39 bits per heavy atom. The predicted octanol–water partition coefficient (Wildman–Crippen LogP) is 7.93. The van der Waals surface area contributed by atoms with E-state index in [1.807, 2.05) is 0 Å². The van der Waals surface area contributed by atoms with Crippen LogP contribution in [0.5, 0.6) is 0 Å². The normalized spacial score (nSPS) is 12.1. The second-order valence-corrected chi connectivity index (χ2v) is 9.10. The van der Waals surface area contributed by atoms with Crippen molar-refractivity contribution in [2.24, 2.45) is 0 Å². The summed E-state index contributed by atoms with van der Waals surface area (Å²) < 4.78 is 0. The Kier molecular flexibility index (Phi) is 8.61. The van der Waals surface area contributed by atoms with Gasteiger partial charge in [-0.1, -0.05) is 49.4 Å². The highest BCUT2D eigenvalue weighted by Crippen LogP contribution is 2.42. The van der Waals surface area contributed by atoms with Crippen molar-refractivity contribution in [1.82, 2.24) is 0 Å². The molecule has 2 heteroatoms. The van der Waals surface area contributed by atoms with Crippen LogP contribution in [0.3, 0.4) is 0 Å². The molecule has 176 valence electrons. The third-order valence-corrected chi connectivity index (χ3v) is 7.26. The smallest absolute Gasteiger partial charge is 0.0368 e. The highest BCUT2D eigenvalue weighted by atomic mass is 15.1. The standard InChI is InChI=1S/C31H42N2/c1-8-32(9-2)27-17-19-29(23(5)21-27)31(25(7)26-15-13-12-14-16-26)30-20-18-28(22-24(30)6)33(10-3)11-4/h12-22,25,31H,8-11H2,1-7H3. The molecule has 0 heterocycles. The van der Waals surface area contributed by atoms with Crippen LogP contribution < -0.4 is 9.80 Å². The lowest BCUT2D eigenvalue weighted by Crippen LogP contribution is -2.22. The van der Waals surface area contributed by atoms with E-state index in [1.54, 1.807) is 0 Å². The molecule has 0 saturated carbocycles. The monoisotopic (exact) mass is 442 g/mol. The van der Waals surface area contributed by atoms with E-state index in [-0.39, 0.29) is 0 Å². The topological polar surface area (TPSA) is 6.48 Å². The zero-order valence-corrected chi connectivity index (χ0v) is 21.7. The van der Waals surface area contributed by atoms with E-state index in [2.05, 4.69) is 125 Å². The molecule has 0 aromatic heterocycles. The van der Waals surface area contributed by atoms with Crippen LogP contribution in [0.1, 0.15) is 74.3 Å². The van der Waals surface area contributed by atoms with Crippen molar-refractivity contribution >= 4 is 11.4 Å². The maximum Gasteiger partial charge on any atom is 0.0368 e. The van der Waals surface area contributed by atoms with Crippen LogP contribution in [0, 0.1) is 13.8 Å². The highest BCUT2D eigenvalue weighted by molar-refractivity contribution is 5.57. The van der Waals surface area contributed by atoms with Gasteiger partial charge in [-0.3, -0.25) is 0 Å². The first-order valence-electron chi connectivity index (χ1n) is 12.7. The van der Waals surface area contributed by atoms with Crippen LogP contribution in [0.25, 0.3) is 0 Å². The summed E-state index contributed by atoms with van der Waals surface area (Å²) in [7, 11) is 0. The van der Waals surface area contributed by atoms with Crippen molar-refractivity contribution in [3.8, 4) is 0 Å². The molecule has 0 amide bonds. The quantitative estimate of drug-likeness (QED) is 0.314. The van der Waals surface area contributed by atoms with Gasteiger partial charge in [0.1, 0.15) is 0 Å². The molecule has 0 N–H and O–H groups in total. The second-order valence-electron chi connectivity index (χ2n) is 9.10. The zero-order chi connectivity index (χ0) is 24.0. The Hall–Kier alpha value is -2.74. The van der Waals surface area contributed by atoms with E-state index < -0.39 is 0 Å². The van der Waals surface area contributed by atoms with E-state index in [0.717, 1.165) is 26.2 Å². The summed E-state index contributed by atoms with van der Waals surface area (Å²) in [5.74, 6) is 0.686. The van der Waals surface area contributed by atoms with E-state index in [1.165, 1.54) is 39.2 Å². The minimum Gasteiger partial charge on any atom is -0.372 e. The third-order valence-electron chi connectivity index (χ3n) is 7.26. The van der Waals surface area contributed by atoms with Crippen LogP contribution in [-0.4, -0.2) is 26.2 Å². The Balaban J connectivity index is 2.12. The Bertz CT molecular complexity index is 955. The van der Waals surface area contributed by atoms with Crippen LogP contribution in [0.2, 0.25) is 0 Å². The Labute approximate surface area is 202 Å². The lowest BCUT2D eigenvalue weighted by molar-refractivity contribution is 0.650. The molecule has 0 radical (unpaired) electrons. The van der Waals surface area contributed by atoms with Gasteiger partial charge in [-0.05, 0) is 99.5 Å². The summed E-state index contributed by atoms with van der Waals surface area (Å²) >= 11 is 0. The first-order valence-corrected chi connectivity index (χ1v) is 12.7. The molecule has 0 fully saturated rings. The van der Waals surface area contributed by atoms with Gasteiger partial charge in [0.2, 0.25) is 0 Å². The van der Waals surface area contributed by atoms with Crippen LogP contribution in [0.15, 0.2) is 66.7 Å². The molecule has 2 nitrogen and oxygen atoms in total. The maximum atomic E-state index is 2.43. The molecule has 33 heavy (non-hydrogen) atoms. The molecule has 0 aliphatic carbocycles. The van der Waals surface area contributed by atoms with Gasteiger partial charge >= 0.3 is 0 Å². The van der Waals surface area contributed by atoms with Crippen LogP contribution in [0.4, 0.5) is 11.4 Å². The first-order chi connectivity index (χ1) is 15.9. The molecule has 0 saturated heterocycles. The average molecular weight is 443 g/mol. The lowest BCUT2D eigenvalue weighted by atomic mass is 9.75. The summed E-state index contributed by atoms with van der Waals surface area (Å²) in [6, 6.07) is 25.1. The second kappa shape index (κ2) is 11.4. The van der Waals surface area contributed by atoms with Gasteiger partial charge in [-0.25, -0.2) is 0 Å². The van der Waals surface area contributed by atoms with Crippen molar-refractivity contribution < 1.29 is 0 Å². The summed E-state index contributed by atoms with van der Waals surface area (Å²) in [4.78, 5) is 4.85. The van der Waals surface area contributed by atoms with Crippen LogP contribution >= 0.6 is 0 Å². The molecule has 1 atom stereocenters. The average Bonchev–Trinajstić information content (AvgIpc) is 2.83. The largest absolute Gasteiger partial charge is 0.372 e. The molecular weight excluding hydrogens is 400 g/mol. The van der Waals surface area contributed by atoms with Gasteiger partial charge in [-0.2, -0.15) is 0 Å². The molecule has 1 unspecified atom stereocenters. The van der Waals surface area contributed by atoms with Crippen molar-refractivity contribution in [3.63, 3.8) is 0 Å². The SMILES string of the molecule is CCN(CC)c1ccc(C(c2ccc(N(CC)CC)cc2C)C(C)c2ccccc2)c(C)c1. The van der Waals surface area contributed by atoms with E-state index in [4.69, 9.17) is 0 Å². The maximum absolute atomic E-state index is 2.43. The Morgan fingerprint density at radius 1 is 0.606 bits per heavy atom. The van der Waals surface area contributed by atoms with Gasteiger partial charge in [0.05, 0.1) is 0 Å². The number of aryl methyl sites for hydroxylation is 2. The summed E-state index contributed by atoms with van der Waals surface area (Å²) in [5.41, 5.74) is 9.64. The number of nitrogens with zero attached hydrogens (tertiary/aromatic N) is 2. The number of hydrogen-bond acceptors (Lipinski definition) is 2. The minimum absolute atomic E-state index is 0.309. The fourth-order valence-electron chi connectivity index (χ4n) is 5.24. The van der Waals surface area contributed by atoms with Crippen molar-refractivity contribution in [1.29, 1.82) is 0 Å². The first kappa shape index (κ1) is 24.9. The van der Waals surface area contributed by atoms with E-state index in [9.17, 15) is 0 Å². The van der Waals surface area contributed by atoms with Gasteiger partial charge in [0, 0.05) is 43.5 Å². The van der Waals surface area contributed by atoms with Gasteiger partial charge in [0.15, 0.2) is 0 Å². The number of hydrogen-bond donors (Lipinski definition) is 0. The van der Waals surface area contributed by atoms with Gasteiger partial charge in [0.25, 0.3) is 0 Å². The molecule has 0 aliphatic rings. The summed E-state index contributed by atoms with van der Waals surface area (Å²) in [5, 5.41) is 0. The lowest BCUT2D eigenvalue weighted by Gasteiger charge is -2.31. The van der Waals surface area contributed by atoms with Crippen molar-refractivity contribution in [2.75, 3.05) is 36.0 Å².